The number of ether oxygens (including phenoxy) is 2. The molecule has 0 spiro atoms. The van der Waals surface area contributed by atoms with Crippen LogP contribution in [0, 0.1) is 0 Å². The second-order valence-electron chi connectivity index (χ2n) is 2.81. The SMILES string of the molecule is NCc1cc(Br)c2c(c1)OCCO2. The van der Waals surface area contributed by atoms with E-state index in [0.29, 0.717) is 19.8 Å². The highest BCUT2D eigenvalue weighted by atomic mass is 79.9. The van der Waals surface area contributed by atoms with Crippen LogP contribution in [0.15, 0.2) is 16.6 Å². The van der Waals surface area contributed by atoms with Gasteiger partial charge in [0.25, 0.3) is 0 Å². The molecule has 0 aromatic heterocycles. The fourth-order valence-corrected chi connectivity index (χ4v) is 1.89. The molecule has 0 aliphatic carbocycles. The lowest BCUT2D eigenvalue weighted by atomic mass is 10.2. The van der Waals surface area contributed by atoms with Crippen molar-refractivity contribution in [1.29, 1.82) is 0 Å². The molecule has 70 valence electrons. The van der Waals surface area contributed by atoms with Crippen molar-refractivity contribution in [2.75, 3.05) is 13.2 Å². The maximum absolute atomic E-state index is 5.53. The molecular weight excluding hydrogens is 234 g/mol. The van der Waals surface area contributed by atoms with Crippen LogP contribution in [0.3, 0.4) is 0 Å². The number of fused-ring (bicyclic) bond motifs is 1. The van der Waals surface area contributed by atoms with Crippen molar-refractivity contribution in [1.82, 2.24) is 0 Å². The molecule has 13 heavy (non-hydrogen) atoms. The molecule has 0 bridgehead atoms. The number of rotatable bonds is 1. The van der Waals surface area contributed by atoms with E-state index in [1.54, 1.807) is 0 Å². The van der Waals surface area contributed by atoms with E-state index >= 15 is 0 Å². The van der Waals surface area contributed by atoms with Crippen LogP contribution in [0.4, 0.5) is 0 Å². The zero-order chi connectivity index (χ0) is 9.26. The summed E-state index contributed by atoms with van der Waals surface area (Å²) in [5, 5.41) is 0. The van der Waals surface area contributed by atoms with Crippen molar-refractivity contribution >= 4 is 15.9 Å². The van der Waals surface area contributed by atoms with E-state index in [1.165, 1.54) is 0 Å². The van der Waals surface area contributed by atoms with Crippen LogP contribution >= 0.6 is 15.9 Å². The van der Waals surface area contributed by atoms with Gasteiger partial charge >= 0.3 is 0 Å². The Morgan fingerprint density at radius 3 is 2.85 bits per heavy atom. The first-order valence-corrected chi connectivity index (χ1v) is 4.88. The minimum absolute atomic E-state index is 0.509. The standard InChI is InChI=1S/C9H10BrNO2/c10-7-3-6(5-11)4-8-9(7)13-2-1-12-8/h3-4H,1-2,5,11H2. The van der Waals surface area contributed by atoms with Gasteiger partial charge in [-0.2, -0.15) is 0 Å². The number of hydrogen-bond acceptors (Lipinski definition) is 3. The first-order chi connectivity index (χ1) is 6.31. The van der Waals surface area contributed by atoms with Gasteiger partial charge in [-0.25, -0.2) is 0 Å². The summed E-state index contributed by atoms with van der Waals surface area (Å²) in [6.45, 7) is 1.72. The Kier molecular flexibility index (Phi) is 2.42. The van der Waals surface area contributed by atoms with Gasteiger partial charge in [-0.3, -0.25) is 0 Å². The number of hydrogen-bond donors (Lipinski definition) is 1. The van der Waals surface area contributed by atoms with Crippen molar-refractivity contribution < 1.29 is 9.47 Å². The Labute approximate surface area is 85.0 Å². The third-order valence-corrected chi connectivity index (χ3v) is 2.48. The number of benzene rings is 1. The van der Waals surface area contributed by atoms with Gasteiger partial charge < -0.3 is 15.2 Å². The second kappa shape index (κ2) is 3.55. The third kappa shape index (κ3) is 1.64. The molecule has 0 saturated heterocycles. The van der Waals surface area contributed by atoms with E-state index in [1.807, 2.05) is 12.1 Å². The lowest BCUT2D eigenvalue weighted by Crippen LogP contribution is -2.16. The molecule has 1 aromatic rings. The molecule has 1 heterocycles. The summed E-state index contributed by atoms with van der Waals surface area (Å²) in [6, 6.07) is 3.87. The summed E-state index contributed by atoms with van der Waals surface area (Å²) in [4.78, 5) is 0. The third-order valence-electron chi connectivity index (χ3n) is 1.89. The smallest absolute Gasteiger partial charge is 0.175 e. The highest BCUT2D eigenvalue weighted by molar-refractivity contribution is 9.10. The van der Waals surface area contributed by atoms with Crippen LogP contribution < -0.4 is 15.2 Å². The number of halogens is 1. The summed E-state index contributed by atoms with van der Waals surface area (Å²) < 4.78 is 11.8. The van der Waals surface area contributed by atoms with Crippen molar-refractivity contribution in [2.24, 2.45) is 5.73 Å². The van der Waals surface area contributed by atoms with E-state index in [-0.39, 0.29) is 0 Å². The Balaban J connectivity index is 2.47. The minimum Gasteiger partial charge on any atom is -0.486 e. The molecule has 1 aliphatic heterocycles. The fourth-order valence-electron chi connectivity index (χ4n) is 1.28. The first-order valence-electron chi connectivity index (χ1n) is 4.09. The molecule has 0 radical (unpaired) electrons. The minimum atomic E-state index is 0.509. The van der Waals surface area contributed by atoms with Gasteiger partial charge in [0.1, 0.15) is 13.2 Å². The van der Waals surface area contributed by atoms with Crippen molar-refractivity contribution in [3.05, 3.63) is 22.2 Å². The molecule has 1 aromatic carbocycles. The molecule has 0 unspecified atom stereocenters. The monoisotopic (exact) mass is 243 g/mol. The lowest BCUT2D eigenvalue weighted by Gasteiger charge is -2.20. The summed E-state index contributed by atoms with van der Waals surface area (Å²) in [7, 11) is 0. The van der Waals surface area contributed by atoms with Crippen LogP contribution in [-0.4, -0.2) is 13.2 Å². The van der Waals surface area contributed by atoms with Crippen molar-refractivity contribution in [2.45, 2.75) is 6.54 Å². The number of nitrogens with two attached hydrogens (primary N) is 1. The predicted molar refractivity (Wildman–Crippen MR) is 53.0 cm³/mol. The lowest BCUT2D eigenvalue weighted by molar-refractivity contribution is 0.170. The van der Waals surface area contributed by atoms with Gasteiger partial charge in [0.2, 0.25) is 0 Å². The maximum Gasteiger partial charge on any atom is 0.175 e. The highest BCUT2D eigenvalue weighted by Crippen LogP contribution is 2.38. The Hall–Kier alpha value is -0.740. The van der Waals surface area contributed by atoms with Crippen LogP contribution in [0.5, 0.6) is 11.5 Å². The molecule has 2 rings (SSSR count). The van der Waals surface area contributed by atoms with E-state index in [9.17, 15) is 0 Å². The second-order valence-corrected chi connectivity index (χ2v) is 3.66. The van der Waals surface area contributed by atoms with Gasteiger partial charge in [-0.15, -0.1) is 0 Å². The zero-order valence-corrected chi connectivity index (χ0v) is 8.63. The van der Waals surface area contributed by atoms with E-state index < -0.39 is 0 Å². The molecule has 0 amide bonds. The predicted octanol–water partition coefficient (Wildman–Crippen LogP) is 1.68. The van der Waals surface area contributed by atoms with Crippen molar-refractivity contribution in [3.63, 3.8) is 0 Å². The average Bonchev–Trinajstić information content (AvgIpc) is 2.18. The van der Waals surface area contributed by atoms with E-state index in [0.717, 1.165) is 21.5 Å². The molecule has 0 fully saturated rings. The van der Waals surface area contributed by atoms with Gasteiger partial charge in [-0.05, 0) is 33.6 Å². The van der Waals surface area contributed by atoms with Gasteiger partial charge in [0, 0.05) is 6.54 Å². The molecule has 2 N–H and O–H groups in total. The Morgan fingerprint density at radius 1 is 1.31 bits per heavy atom. The molecule has 3 nitrogen and oxygen atoms in total. The van der Waals surface area contributed by atoms with Crippen LogP contribution in [0.1, 0.15) is 5.56 Å². The topological polar surface area (TPSA) is 44.5 Å². The molecule has 0 saturated carbocycles. The highest BCUT2D eigenvalue weighted by Gasteiger charge is 2.15. The summed E-state index contributed by atoms with van der Waals surface area (Å²) >= 11 is 3.41. The van der Waals surface area contributed by atoms with Gasteiger partial charge in [-0.1, -0.05) is 0 Å². The zero-order valence-electron chi connectivity index (χ0n) is 7.05. The van der Waals surface area contributed by atoms with Gasteiger partial charge in [0.15, 0.2) is 11.5 Å². The summed E-state index contributed by atoms with van der Waals surface area (Å²) in [6.07, 6.45) is 0. The molecular formula is C9H10BrNO2. The van der Waals surface area contributed by atoms with E-state index in [4.69, 9.17) is 15.2 Å². The summed E-state index contributed by atoms with van der Waals surface area (Å²) in [5.74, 6) is 1.56. The molecule has 0 atom stereocenters. The Bertz CT molecular complexity index is 328. The van der Waals surface area contributed by atoms with Crippen LogP contribution in [-0.2, 0) is 6.54 Å². The quantitative estimate of drug-likeness (QED) is 0.817. The summed E-state index contributed by atoms with van der Waals surface area (Å²) in [5.41, 5.74) is 6.57. The molecule has 4 heteroatoms. The van der Waals surface area contributed by atoms with Crippen LogP contribution in [0.25, 0.3) is 0 Å². The largest absolute Gasteiger partial charge is 0.486 e. The molecule has 1 aliphatic rings. The average molecular weight is 244 g/mol. The maximum atomic E-state index is 5.53. The van der Waals surface area contributed by atoms with E-state index in [2.05, 4.69) is 15.9 Å². The van der Waals surface area contributed by atoms with Crippen LogP contribution in [0.2, 0.25) is 0 Å². The van der Waals surface area contributed by atoms with Gasteiger partial charge in [0.05, 0.1) is 4.47 Å². The van der Waals surface area contributed by atoms with Crippen molar-refractivity contribution in [3.8, 4) is 11.5 Å². The Morgan fingerprint density at radius 2 is 2.08 bits per heavy atom. The normalized spacial score (nSPS) is 14.3. The fraction of sp³-hybridized carbons (Fsp3) is 0.333. The first kappa shape index (κ1) is 8.84.